The molecule has 1 heterocycles. The van der Waals surface area contributed by atoms with Gasteiger partial charge in [0.25, 0.3) is 0 Å². The smallest absolute Gasteiger partial charge is 0.0697 e. The van der Waals surface area contributed by atoms with Crippen molar-refractivity contribution in [3.8, 4) is 0 Å². The Morgan fingerprint density at radius 3 is 2.75 bits per heavy atom. The molecule has 0 aliphatic carbocycles. The highest BCUT2D eigenvalue weighted by Gasteiger charge is 2.06. The van der Waals surface area contributed by atoms with E-state index in [0.29, 0.717) is 0 Å². The minimum Gasteiger partial charge on any atom is -0.277 e. The summed E-state index contributed by atoms with van der Waals surface area (Å²) in [5, 5.41) is 8.87. The van der Waals surface area contributed by atoms with Gasteiger partial charge < -0.3 is 0 Å². The Balaban J connectivity index is 2.98. The quantitative estimate of drug-likeness (QED) is 0.664. The van der Waals surface area contributed by atoms with Crippen LogP contribution < -0.4 is 0 Å². The Morgan fingerprint density at radius 2 is 2.08 bits per heavy atom. The SMILES string of the molecule is Cc1ccc(Cl)c2c(C)n[nH]c12. The topological polar surface area (TPSA) is 28.7 Å². The van der Waals surface area contributed by atoms with Crippen molar-refractivity contribution in [3.63, 3.8) is 0 Å². The number of nitrogens with one attached hydrogen (secondary N) is 1. The minimum atomic E-state index is 0.766. The summed E-state index contributed by atoms with van der Waals surface area (Å²) < 4.78 is 0. The molecule has 0 fully saturated rings. The fourth-order valence-electron chi connectivity index (χ4n) is 1.37. The molecule has 0 unspecified atom stereocenters. The average molecular weight is 181 g/mol. The van der Waals surface area contributed by atoms with E-state index in [4.69, 9.17) is 11.6 Å². The number of benzene rings is 1. The van der Waals surface area contributed by atoms with Crippen LogP contribution in [0.5, 0.6) is 0 Å². The predicted octanol–water partition coefficient (Wildman–Crippen LogP) is 2.83. The van der Waals surface area contributed by atoms with E-state index in [0.717, 1.165) is 21.6 Å². The third kappa shape index (κ3) is 0.916. The van der Waals surface area contributed by atoms with Crippen LogP contribution in [0.4, 0.5) is 0 Å². The summed E-state index contributed by atoms with van der Waals surface area (Å²) in [5.41, 5.74) is 3.17. The molecule has 0 saturated heterocycles. The van der Waals surface area contributed by atoms with Crippen LogP contribution >= 0.6 is 11.6 Å². The van der Waals surface area contributed by atoms with Crippen LogP contribution in [0.15, 0.2) is 12.1 Å². The molecule has 2 aromatic rings. The van der Waals surface area contributed by atoms with Gasteiger partial charge in [-0.05, 0) is 25.5 Å². The molecular weight excluding hydrogens is 172 g/mol. The number of H-pyrrole nitrogens is 1. The Labute approximate surface area is 75.5 Å². The molecule has 0 amide bonds. The Bertz CT molecular complexity index is 431. The third-order valence-corrected chi connectivity index (χ3v) is 2.38. The molecule has 0 aliphatic rings. The first-order valence-corrected chi connectivity index (χ1v) is 4.17. The van der Waals surface area contributed by atoms with Crippen LogP contribution in [0.2, 0.25) is 5.02 Å². The number of aromatic amines is 1. The number of aromatic nitrogens is 2. The molecule has 0 radical (unpaired) electrons. The molecule has 0 saturated carbocycles. The highest BCUT2D eigenvalue weighted by Crippen LogP contribution is 2.26. The normalized spacial score (nSPS) is 10.9. The second-order valence-corrected chi connectivity index (χ2v) is 3.33. The van der Waals surface area contributed by atoms with Crippen LogP contribution in [-0.4, -0.2) is 10.2 Å². The fourth-order valence-corrected chi connectivity index (χ4v) is 1.67. The Kier molecular flexibility index (Phi) is 1.58. The van der Waals surface area contributed by atoms with Crippen LogP contribution in [-0.2, 0) is 0 Å². The van der Waals surface area contributed by atoms with E-state index >= 15 is 0 Å². The molecule has 0 aliphatic heterocycles. The molecule has 2 rings (SSSR count). The Morgan fingerprint density at radius 1 is 1.33 bits per heavy atom. The highest BCUT2D eigenvalue weighted by molar-refractivity contribution is 6.35. The summed E-state index contributed by atoms with van der Waals surface area (Å²) in [5.74, 6) is 0. The van der Waals surface area contributed by atoms with Gasteiger partial charge in [0.1, 0.15) is 0 Å². The van der Waals surface area contributed by atoms with Gasteiger partial charge in [-0.15, -0.1) is 0 Å². The van der Waals surface area contributed by atoms with Crippen LogP contribution in [0, 0.1) is 13.8 Å². The maximum absolute atomic E-state index is 6.02. The maximum atomic E-state index is 6.02. The van der Waals surface area contributed by atoms with Crippen molar-refractivity contribution in [2.75, 3.05) is 0 Å². The van der Waals surface area contributed by atoms with Crippen molar-refractivity contribution in [1.82, 2.24) is 10.2 Å². The first-order valence-electron chi connectivity index (χ1n) is 3.80. The van der Waals surface area contributed by atoms with Crippen molar-refractivity contribution >= 4 is 22.5 Å². The van der Waals surface area contributed by atoms with E-state index in [1.165, 1.54) is 5.56 Å². The van der Waals surface area contributed by atoms with Gasteiger partial charge in [-0.3, -0.25) is 5.10 Å². The third-order valence-electron chi connectivity index (χ3n) is 2.06. The van der Waals surface area contributed by atoms with Crippen molar-refractivity contribution in [1.29, 1.82) is 0 Å². The molecule has 0 bridgehead atoms. The number of rotatable bonds is 0. The van der Waals surface area contributed by atoms with Gasteiger partial charge in [-0.1, -0.05) is 17.7 Å². The molecule has 1 aromatic heterocycles. The maximum Gasteiger partial charge on any atom is 0.0697 e. The monoisotopic (exact) mass is 180 g/mol. The average Bonchev–Trinajstić information content (AvgIpc) is 2.42. The second kappa shape index (κ2) is 2.49. The lowest BCUT2D eigenvalue weighted by molar-refractivity contribution is 1.06. The van der Waals surface area contributed by atoms with Crippen LogP contribution in [0.1, 0.15) is 11.3 Å². The predicted molar refractivity (Wildman–Crippen MR) is 50.6 cm³/mol. The number of nitrogens with zero attached hydrogens (tertiary/aromatic N) is 1. The van der Waals surface area contributed by atoms with Crippen molar-refractivity contribution in [2.24, 2.45) is 0 Å². The molecule has 2 nitrogen and oxygen atoms in total. The number of aryl methyl sites for hydroxylation is 2. The minimum absolute atomic E-state index is 0.766. The number of fused-ring (bicyclic) bond motifs is 1. The van der Waals surface area contributed by atoms with E-state index in [2.05, 4.69) is 10.2 Å². The summed E-state index contributed by atoms with van der Waals surface area (Å²) >= 11 is 6.02. The van der Waals surface area contributed by atoms with E-state index in [9.17, 15) is 0 Å². The van der Waals surface area contributed by atoms with Crippen LogP contribution in [0.3, 0.4) is 0 Å². The van der Waals surface area contributed by atoms with Crippen molar-refractivity contribution in [3.05, 3.63) is 28.4 Å². The van der Waals surface area contributed by atoms with Gasteiger partial charge >= 0.3 is 0 Å². The summed E-state index contributed by atoms with van der Waals surface area (Å²) in [6.45, 7) is 3.99. The molecule has 0 spiro atoms. The number of hydrogen-bond donors (Lipinski definition) is 1. The zero-order valence-electron chi connectivity index (χ0n) is 6.98. The molecular formula is C9H9ClN2. The van der Waals surface area contributed by atoms with Gasteiger partial charge in [-0.25, -0.2) is 0 Å². The first kappa shape index (κ1) is 7.62. The highest BCUT2D eigenvalue weighted by atomic mass is 35.5. The zero-order chi connectivity index (χ0) is 8.72. The molecule has 1 N–H and O–H groups in total. The lowest BCUT2D eigenvalue weighted by atomic mass is 10.1. The van der Waals surface area contributed by atoms with Crippen molar-refractivity contribution < 1.29 is 0 Å². The van der Waals surface area contributed by atoms with Gasteiger partial charge in [0.15, 0.2) is 0 Å². The van der Waals surface area contributed by atoms with E-state index in [1.807, 2.05) is 26.0 Å². The summed E-state index contributed by atoms with van der Waals surface area (Å²) in [6.07, 6.45) is 0. The molecule has 1 aromatic carbocycles. The largest absolute Gasteiger partial charge is 0.277 e. The fraction of sp³-hybridized carbons (Fsp3) is 0.222. The number of halogens is 1. The summed E-state index contributed by atoms with van der Waals surface area (Å²) in [6, 6.07) is 3.89. The lowest BCUT2D eigenvalue weighted by Crippen LogP contribution is -1.76. The molecule has 0 atom stereocenters. The van der Waals surface area contributed by atoms with Gasteiger partial charge in [-0.2, -0.15) is 5.10 Å². The van der Waals surface area contributed by atoms with E-state index in [1.54, 1.807) is 0 Å². The summed E-state index contributed by atoms with van der Waals surface area (Å²) in [7, 11) is 0. The van der Waals surface area contributed by atoms with E-state index in [-0.39, 0.29) is 0 Å². The van der Waals surface area contributed by atoms with Gasteiger partial charge in [0, 0.05) is 5.39 Å². The molecule has 62 valence electrons. The van der Waals surface area contributed by atoms with Crippen LogP contribution in [0.25, 0.3) is 10.9 Å². The Hall–Kier alpha value is -1.02. The van der Waals surface area contributed by atoms with Gasteiger partial charge in [0.05, 0.1) is 16.2 Å². The lowest BCUT2D eigenvalue weighted by Gasteiger charge is -1.96. The van der Waals surface area contributed by atoms with Gasteiger partial charge in [0.2, 0.25) is 0 Å². The second-order valence-electron chi connectivity index (χ2n) is 2.92. The van der Waals surface area contributed by atoms with E-state index < -0.39 is 0 Å². The van der Waals surface area contributed by atoms with Crippen molar-refractivity contribution in [2.45, 2.75) is 13.8 Å². The molecule has 3 heteroatoms. The molecule has 12 heavy (non-hydrogen) atoms. The zero-order valence-corrected chi connectivity index (χ0v) is 7.74. The standard InChI is InChI=1S/C9H9ClN2/c1-5-3-4-7(10)8-6(2)11-12-9(5)8/h3-4H,1-2H3,(H,11,12). The first-order chi connectivity index (χ1) is 5.70. The summed E-state index contributed by atoms with van der Waals surface area (Å²) in [4.78, 5) is 0. The number of hydrogen-bond acceptors (Lipinski definition) is 1.